The van der Waals surface area contributed by atoms with Crippen LogP contribution in [-0.2, 0) is 9.59 Å². The molecule has 0 aromatic heterocycles. The zero-order valence-corrected chi connectivity index (χ0v) is 12.3. The Morgan fingerprint density at radius 3 is 2.43 bits per heavy atom. The third kappa shape index (κ3) is 2.76. The summed E-state index contributed by atoms with van der Waals surface area (Å²) in [5.41, 5.74) is 1.24. The van der Waals surface area contributed by atoms with Gasteiger partial charge in [-0.3, -0.25) is 9.59 Å². The lowest BCUT2D eigenvalue weighted by molar-refractivity contribution is -0.135. The van der Waals surface area contributed by atoms with Gasteiger partial charge in [-0.15, -0.1) is 0 Å². The Morgan fingerprint density at radius 2 is 1.67 bits per heavy atom. The van der Waals surface area contributed by atoms with E-state index >= 15 is 0 Å². The Morgan fingerprint density at radius 1 is 1.00 bits per heavy atom. The number of benzene rings is 2. The summed E-state index contributed by atoms with van der Waals surface area (Å²) < 4.78 is 0. The molecule has 0 amide bonds. The largest absolute Gasteiger partial charge is 0.299 e. The predicted octanol–water partition coefficient (Wildman–Crippen LogP) is 4.27. The van der Waals surface area contributed by atoms with Crippen molar-refractivity contribution in [3.05, 3.63) is 48.0 Å². The summed E-state index contributed by atoms with van der Waals surface area (Å²) in [6, 6.07) is 14.6. The average molecular weight is 280 g/mol. The number of ketones is 2. The molecule has 0 aliphatic heterocycles. The second-order valence-corrected chi connectivity index (χ2v) is 6.04. The Kier molecular flexibility index (Phi) is 3.87. The van der Waals surface area contributed by atoms with Crippen LogP contribution in [0.2, 0.25) is 0 Å². The molecule has 2 aromatic rings. The summed E-state index contributed by atoms with van der Waals surface area (Å²) in [7, 11) is 0. The molecule has 108 valence electrons. The molecule has 2 nitrogen and oxygen atoms in total. The Bertz CT molecular complexity index is 666. The van der Waals surface area contributed by atoms with Crippen molar-refractivity contribution < 1.29 is 9.59 Å². The SMILES string of the molecule is CC(CC1C(=O)CCCC1=O)c1cccc2ccccc12. The van der Waals surface area contributed by atoms with E-state index in [1.165, 1.54) is 16.3 Å². The van der Waals surface area contributed by atoms with Gasteiger partial charge in [-0.05, 0) is 35.1 Å². The number of rotatable bonds is 3. The number of Topliss-reactive ketones (excluding diaryl/α,β-unsaturated/α-hetero) is 2. The smallest absolute Gasteiger partial charge is 0.143 e. The normalized spacial score (nSPS) is 18.1. The van der Waals surface area contributed by atoms with Crippen LogP contribution in [0.4, 0.5) is 0 Å². The van der Waals surface area contributed by atoms with Gasteiger partial charge >= 0.3 is 0 Å². The maximum Gasteiger partial charge on any atom is 0.143 e. The molecule has 0 N–H and O–H groups in total. The highest BCUT2D eigenvalue weighted by Crippen LogP contribution is 2.32. The molecule has 0 heterocycles. The molecule has 0 spiro atoms. The van der Waals surface area contributed by atoms with E-state index in [0.717, 1.165) is 6.42 Å². The zero-order chi connectivity index (χ0) is 14.8. The summed E-state index contributed by atoms with van der Waals surface area (Å²) in [6.45, 7) is 2.12. The minimum absolute atomic E-state index is 0.137. The highest BCUT2D eigenvalue weighted by atomic mass is 16.2. The molecule has 1 unspecified atom stereocenters. The van der Waals surface area contributed by atoms with E-state index < -0.39 is 0 Å². The highest BCUT2D eigenvalue weighted by molar-refractivity contribution is 6.04. The molecule has 1 saturated carbocycles. The first kappa shape index (κ1) is 14.0. The lowest BCUT2D eigenvalue weighted by Gasteiger charge is -2.23. The average Bonchev–Trinajstić information content (AvgIpc) is 2.50. The van der Waals surface area contributed by atoms with E-state index in [1.807, 2.05) is 12.1 Å². The van der Waals surface area contributed by atoms with Crippen molar-refractivity contribution in [2.24, 2.45) is 5.92 Å². The molecular weight excluding hydrogens is 260 g/mol. The van der Waals surface area contributed by atoms with Gasteiger partial charge in [0.05, 0.1) is 5.92 Å². The predicted molar refractivity (Wildman–Crippen MR) is 84.3 cm³/mol. The van der Waals surface area contributed by atoms with Crippen LogP contribution >= 0.6 is 0 Å². The Hall–Kier alpha value is -1.96. The lowest BCUT2D eigenvalue weighted by atomic mass is 9.79. The first-order valence-corrected chi connectivity index (χ1v) is 7.70. The molecule has 2 heteroatoms. The third-order valence-corrected chi connectivity index (χ3v) is 4.57. The lowest BCUT2D eigenvalue weighted by Crippen LogP contribution is -2.29. The summed E-state index contributed by atoms with van der Waals surface area (Å²) in [4.78, 5) is 24.0. The van der Waals surface area contributed by atoms with E-state index in [0.29, 0.717) is 19.3 Å². The molecule has 1 aliphatic carbocycles. The fraction of sp³-hybridized carbons (Fsp3) is 0.368. The zero-order valence-electron chi connectivity index (χ0n) is 12.3. The van der Waals surface area contributed by atoms with Gasteiger partial charge < -0.3 is 0 Å². The van der Waals surface area contributed by atoms with Gasteiger partial charge in [0.25, 0.3) is 0 Å². The van der Waals surface area contributed by atoms with Crippen LogP contribution < -0.4 is 0 Å². The molecule has 21 heavy (non-hydrogen) atoms. The first-order chi connectivity index (χ1) is 10.2. The quantitative estimate of drug-likeness (QED) is 0.787. The van der Waals surface area contributed by atoms with Crippen molar-refractivity contribution in [2.75, 3.05) is 0 Å². The second kappa shape index (κ2) is 5.80. The van der Waals surface area contributed by atoms with E-state index in [9.17, 15) is 9.59 Å². The van der Waals surface area contributed by atoms with Gasteiger partial charge in [0, 0.05) is 12.8 Å². The number of fused-ring (bicyclic) bond motifs is 1. The highest BCUT2D eigenvalue weighted by Gasteiger charge is 2.31. The molecule has 2 aromatic carbocycles. The van der Waals surface area contributed by atoms with Crippen LogP contribution in [0.15, 0.2) is 42.5 Å². The van der Waals surface area contributed by atoms with Crippen molar-refractivity contribution in [3.63, 3.8) is 0 Å². The number of carbonyl (C=O) groups is 2. The fourth-order valence-corrected chi connectivity index (χ4v) is 3.39. The summed E-state index contributed by atoms with van der Waals surface area (Å²) in [5, 5.41) is 2.44. The maximum atomic E-state index is 12.0. The number of carbonyl (C=O) groups excluding carboxylic acids is 2. The third-order valence-electron chi connectivity index (χ3n) is 4.57. The van der Waals surface area contributed by atoms with E-state index in [1.54, 1.807) is 0 Å². The second-order valence-electron chi connectivity index (χ2n) is 6.04. The minimum Gasteiger partial charge on any atom is -0.299 e. The topological polar surface area (TPSA) is 34.1 Å². The molecule has 3 rings (SSSR count). The van der Waals surface area contributed by atoms with Crippen molar-refractivity contribution in [2.45, 2.75) is 38.5 Å². The van der Waals surface area contributed by atoms with Gasteiger partial charge in [-0.2, -0.15) is 0 Å². The fourth-order valence-electron chi connectivity index (χ4n) is 3.39. The number of hydrogen-bond acceptors (Lipinski definition) is 2. The van der Waals surface area contributed by atoms with Gasteiger partial charge in [-0.1, -0.05) is 49.4 Å². The van der Waals surface area contributed by atoms with E-state index in [-0.39, 0.29) is 23.4 Å². The van der Waals surface area contributed by atoms with Crippen LogP contribution in [0.3, 0.4) is 0 Å². The van der Waals surface area contributed by atoms with Crippen molar-refractivity contribution in [1.29, 1.82) is 0 Å². The summed E-state index contributed by atoms with van der Waals surface area (Å²) in [6.07, 6.45) is 2.51. The monoisotopic (exact) mass is 280 g/mol. The van der Waals surface area contributed by atoms with Gasteiger partial charge in [0.15, 0.2) is 0 Å². The molecule has 1 atom stereocenters. The maximum absolute atomic E-state index is 12.0. The molecule has 0 radical (unpaired) electrons. The van der Waals surface area contributed by atoms with Gasteiger partial charge in [-0.25, -0.2) is 0 Å². The van der Waals surface area contributed by atoms with Gasteiger partial charge in [0.1, 0.15) is 11.6 Å². The van der Waals surface area contributed by atoms with Crippen LogP contribution in [0.5, 0.6) is 0 Å². The molecule has 0 saturated heterocycles. The number of hydrogen-bond donors (Lipinski definition) is 0. The molecule has 0 bridgehead atoms. The van der Waals surface area contributed by atoms with Crippen LogP contribution in [0.25, 0.3) is 10.8 Å². The van der Waals surface area contributed by atoms with Gasteiger partial charge in [0.2, 0.25) is 0 Å². The van der Waals surface area contributed by atoms with Crippen LogP contribution in [0, 0.1) is 5.92 Å². The first-order valence-electron chi connectivity index (χ1n) is 7.70. The van der Waals surface area contributed by atoms with Crippen LogP contribution in [0.1, 0.15) is 44.1 Å². The van der Waals surface area contributed by atoms with E-state index in [4.69, 9.17) is 0 Å². The van der Waals surface area contributed by atoms with E-state index in [2.05, 4.69) is 37.3 Å². The Labute approximate surface area is 125 Å². The van der Waals surface area contributed by atoms with Crippen LogP contribution in [-0.4, -0.2) is 11.6 Å². The van der Waals surface area contributed by atoms with Crippen molar-refractivity contribution in [1.82, 2.24) is 0 Å². The molecule has 1 fully saturated rings. The van der Waals surface area contributed by atoms with Crippen molar-refractivity contribution >= 4 is 22.3 Å². The summed E-state index contributed by atoms with van der Waals surface area (Å²) in [5.74, 6) is 0.108. The summed E-state index contributed by atoms with van der Waals surface area (Å²) >= 11 is 0. The van der Waals surface area contributed by atoms with Crippen molar-refractivity contribution in [3.8, 4) is 0 Å². The molecule has 1 aliphatic rings. The standard InChI is InChI=1S/C19H20O2/c1-13(12-17-18(20)10-5-11-19(17)21)15-9-4-7-14-6-2-3-8-16(14)15/h2-4,6-9,13,17H,5,10-12H2,1H3. The molecular formula is C19H20O2. The minimum atomic E-state index is -0.382. The Balaban J connectivity index is 1.88.